The normalized spacial score (nSPS) is 11.7. The summed E-state index contributed by atoms with van der Waals surface area (Å²) < 4.78 is 49.4. The van der Waals surface area contributed by atoms with Gasteiger partial charge in [0.25, 0.3) is 0 Å². The molecule has 0 bridgehead atoms. The van der Waals surface area contributed by atoms with E-state index < -0.39 is 29.4 Å². The topological polar surface area (TPSA) is 76.1 Å². The van der Waals surface area contributed by atoms with Crippen LogP contribution in [0, 0.1) is 0 Å². The Balaban J connectivity index is 2.36. The van der Waals surface area contributed by atoms with Gasteiger partial charge >= 0.3 is 18.2 Å². The molecule has 180 valence electrons. The maximum absolute atomic E-state index is 12.9. The van der Waals surface area contributed by atoms with Crippen LogP contribution in [0.1, 0.15) is 49.4 Å². The number of ether oxygens (including phenoxy) is 2. The average Bonchev–Trinajstić information content (AvgIpc) is 2.70. The van der Waals surface area contributed by atoms with Crippen molar-refractivity contribution < 1.29 is 37.3 Å². The molecule has 0 fully saturated rings. The van der Waals surface area contributed by atoms with Crippen molar-refractivity contribution in [1.29, 1.82) is 0 Å². The van der Waals surface area contributed by atoms with Crippen LogP contribution >= 0.6 is 0 Å². The maximum atomic E-state index is 12.9. The summed E-state index contributed by atoms with van der Waals surface area (Å²) >= 11 is 0. The Bertz CT molecular complexity index is 966. The van der Waals surface area contributed by atoms with Gasteiger partial charge in [-0.1, -0.05) is 18.2 Å². The molecule has 0 radical (unpaired) electrons. The fourth-order valence-electron chi connectivity index (χ4n) is 3.10. The number of rotatable bonds is 8. The summed E-state index contributed by atoms with van der Waals surface area (Å²) in [5.74, 6) is -0.423. The van der Waals surface area contributed by atoms with Gasteiger partial charge in [-0.05, 0) is 68.1 Å². The largest absolute Gasteiger partial charge is 0.497 e. The summed E-state index contributed by atoms with van der Waals surface area (Å²) in [6.45, 7) is 5.20. The minimum Gasteiger partial charge on any atom is -0.497 e. The summed E-state index contributed by atoms with van der Waals surface area (Å²) in [4.78, 5) is 25.3. The van der Waals surface area contributed by atoms with E-state index >= 15 is 0 Å². The lowest BCUT2D eigenvalue weighted by molar-refractivity contribution is -0.138. The molecule has 2 rings (SSSR count). The third kappa shape index (κ3) is 8.32. The number of carboxylic acid groups (broad SMARTS) is 1. The molecule has 0 aliphatic carbocycles. The van der Waals surface area contributed by atoms with E-state index in [4.69, 9.17) is 14.6 Å². The molecule has 33 heavy (non-hydrogen) atoms. The van der Waals surface area contributed by atoms with E-state index in [9.17, 15) is 22.8 Å². The van der Waals surface area contributed by atoms with Gasteiger partial charge in [-0.15, -0.1) is 0 Å². The minimum absolute atomic E-state index is 0.00261. The molecule has 0 aromatic heterocycles. The van der Waals surface area contributed by atoms with Crippen LogP contribution in [0.4, 0.5) is 18.0 Å². The van der Waals surface area contributed by atoms with Crippen molar-refractivity contribution in [2.24, 2.45) is 0 Å². The monoisotopic (exact) mass is 467 g/mol. The fourth-order valence-corrected chi connectivity index (χ4v) is 3.10. The SMILES string of the molecule is COc1ccc(CCC(=O)O)c(CN(Cc2ccc(C(F)(F)F)cc2)C(=O)OC(C)(C)C)c1. The Morgan fingerprint density at radius 3 is 2.12 bits per heavy atom. The molecule has 0 atom stereocenters. The van der Waals surface area contributed by atoms with Crippen molar-refractivity contribution in [1.82, 2.24) is 4.90 Å². The summed E-state index contributed by atoms with van der Waals surface area (Å²) in [7, 11) is 1.49. The number of alkyl halides is 3. The highest BCUT2D eigenvalue weighted by molar-refractivity contribution is 5.69. The molecule has 0 aliphatic heterocycles. The number of aliphatic carboxylic acids is 1. The summed E-state index contributed by atoms with van der Waals surface area (Å²) in [6.07, 6.45) is -4.94. The van der Waals surface area contributed by atoms with Gasteiger partial charge in [-0.3, -0.25) is 9.69 Å². The molecule has 1 amide bonds. The number of carbonyl (C=O) groups excluding carboxylic acids is 1. The highest BCUT2D eigenvalue weighted by atomic mass is 19.4. The molecule has 0 spiro atoms. The summed E-state index contributed by atoms with van der Waals surface area (Å²) in [5.41, 5.74) is 0.311. The number of hydrogen-bond donors (Lipinski definition) is 1. The van der Waals surface area contributed by atoms with E-state index in [0.717, 1.165) is 17.7 Å². The minimum atomic E-state index is -4.46. The lowest BCUT2D eigenvalue weighted by Crippen LogP contribution is -2.36. The van der Waals surface area contributed by atoms with Crippen molar-refractivity contribution in [3.8, 4) is 5.75 Å². The van der Waals surface area contributed by atoms with Crippen LogP contribution < -0.4 is 4.74 Å². The number of aryl methyl sites for hydroxylation is 1. The average molecular weight is 467 g/mol. The third-order valence-corrected chi connectivity index (χ3v) is 4.69. The van der Waals surface area contributed by atoms with Gasteiger partial charge in [0, 0.05) is 19.5 Å². The van der Waals surface area contributed by atoms with Gasteiger partial charge in [0.15, 0.2) is 0 Å². The number of nitrogens with zero attached hydrogens (tertiary/aromatic N) is 1. The Labute approximate surface area is 190 Å². The Morgan fingerprint density at radius 2 is 1.61 bits per heavy atom. The smallest absolute Gasteiger partial charge is 0.416 e. The van der Waals surface area contributed by atoms with Gasteiger partial charge < -0.3 is 14.6 Å². The van der Waals surface area contributed by atoms with Crippen molar-refractivity contribution in [2.45, 2.75) is 58.5 Å². The van der Waals surface area contributed by atoms with Crippen molar-refractivity contribution in [3.63, 3.8) is 0 Å². The third-order valence-electron chi connectivity index (χ3n) is 4.69. The van der Waals surface area contributed by atoms with E-state index in [0.29, 0.717) is 16.9 Å². The lowest BCUT2D eigenvalue weighted by Gasteiger charge is -2.28. The van der Waals surface area contributed by atoms with Crippen LogP contribution in [-0.2, 0) is 35.2 Å². The molecule has 2 aromatic rings. The number of carboxylic acids is 1. The molecule has 0 saturated carbocycles. The van der Waals surface area contributed by atoms with E-state index in [-0.39, 0.29) is 25.9 Å². The molecule has 6 nitrogen and oxygen atoms in total. The Kier molecular flexibility index (Phi) is 8.35. The fraction of sp³-hybridized carbons (Fsp3) is 0.417. The number of hydrogen-bond acceptors (Lipinski definition) is 4. The number of benzene rings is 2. The first-order valence-electron chi connectivity index (χ1n) is 10.3. The maximum Gasteiger partial charge on any atom is 0.416 e. The van der Waals surface area contributed by atoms with Crippen LogP contribution in [0.2, 0.25) is 0 Å². The van der Waals surface area contributed by atoms with Gasteiger partial charge in [0.2, 0.25) is 0 Å². The zero-order valence-corrected chi connectivity index (χ0v) is 19.0. The molecule has 1 N–H and O–H groups in total. The first kappa shape index (κ1) is 26.0. The van der Waals surface area contributed by atoms with Crippen LogP contribution in [0.25, 0.3) is 0 Å². The van der Waals surface area contributed by atoms with Crippen molar-refractivity contribution in [3.05, 3.63) is 64.7 Å². The molecular formula is C24H28F3NO5. The predicted molar refractivity (Wildman–Crippen MR) is 116 cm³/mol. The molecule has 0 unspecified atom stereocenters. The molecule has 0 heterocycles. The molecule has 0 saturated heterocycles. The second-order valence-electron chi connectivity index (χ2n) is 8.56. The quantitative estimate of drug-likeness (QED) is 0.542. The van der Waals surface area contributed by atoms with Crippen LogP contribution in [0.3, 0.4) is 0 Å². The van der Waals surface area contributed by atoms with Crippen molar-refractivity contribution >= 4 is 12.1 Å². The van der Waals surface area contributed by atoms with Crippen LogP contribution in [0.15, 0.2) is 42.5 Å². The van der Waals surface area contributed by atoms with Crippen molar-refractivity contribution in [2.75, 3.05) is 7.11 Å². The molecular weight excluding hydrogens is 439 g/mol. The number of carbonyl (C=O) groups is 2. The van der Waals surface area contributed by atoms with Crippen LogP contribution in [0.5, 0.6) is 5.75 Å². The molecule has 9 heteroatoms. The van der Waals surface area contributed by atoms with Gasteiger partial charge in [0.05, 0.1) is 12.7 Å². The lowest BCUT2D eigenvalue weighted by atomic mass is 10.0. The van der Waals surface area contributed by atoms with E-state index in [1.807, 2.05) is 0 Å². The number of methoxy groups -OCH3 is 1. The standard InChI is InChI=1S/C24H28F3NO5/c1-23(2,3)33-22(31)28(14-16-5-9-19(10-6-16)24(25,26)27)15-18-13-20(32-4)11-7-17(18)8-12-21(29)30/h5-7,9-11,13H,8,12,14-15H2,1-4H3,(H,29,30). The van der Waals surface area contributed by atoms with E-state index in [1.54, 1.807) is 39.0 Å². The van der Waals surface area contributed by atoms with Crippen LogP contribution in [-0.4, -0.2) is 34.8 Å². The van der Waals surface area contributed by atoms with Gasteiger partial charge in [-0.25, -0.2) is 4.79 Å². The number of halogens is 3. The predicted octanol–water partition coefficient (Wildman–Crippen LogP) is 5.67. The Morgan fingerprint density at radius 1 is 0.970 bits per heavy atom. The number of amides is 1. The second kappa shape index (κ2) is 10.6. The second-order valence-corrected chi connectivity index (χ2v) is 8.56. The summed E-state index contributed by atoms with van der Waals surface area (Å²) in [5, 5.41) is 9.05. The highest BCUT2D eigenvalue weighted by Crippen LogP contribution is 2.29. The first-order valence-corrected chi connectivity index (χ1v) is 10.3. The van der Waals surface area contributed by atoms with Gasteiger partial charge in [-0.2, -0.15) is 13.2 Å². The van der Waals surface area contributed by atoms with Gasteiger partial charge in [0.1, 0.15) is 11.4 Å². The molecule has 2 aromatic carbocycles. The Hall–Kier alpha value is -3.23. The molecule has 0 aliphatic rings. The zero-order chi connectivity index (χ0) is 24.8. The summed E-state index contributed by atoms with van der Waals surface area (Å²) in [6, 6.07) is 9.71. The van der Waals surface area contributed by atoms with E-state index in [2.05, 4.69) is 0 Å². The van der Waals surface area contributed by atoms with E-state index in [1.165, 1.54) is 24.1 Å². The first-order chi connectivity index (χ1) is 15.3. The zero-order valence-electron chi connectivity index (χ0n) is 19.0. The highest BCUT2D eigenvalue weighted by Gasteiger charge is 2.30.